The van der Waals surface area contributed by atoms with Crippen LogP contribution in [-0.2, 0) is 12.7 Å². The van der Waals surface area contributed by atoms with Crippen molar-refractivity contribution >= 4 is 11.0 Å². The lowest BCUT2D eigenvalue weighted by Crippen LogP contribution is -2.17. The Kier molecular flexibility index (Phi) is 2.85. The summed E-state index contributed by atoms with van der Waals surface area (Å²) < 4.78 is 39.8. The van der Waals surface area contributed by atoms with E-state index < -0.39 is 12.0 Å². The first-order valence-electron chi connectivity index (χ1n) is 5.42. The molecule has 2 aromatic rings. The van der Waals surface area contributed by atoms with Gasteiger partial charge in [-0.3, -0.25) is 0 Å². The van der Waals surface area contributed by atoms with Gasteiger partial charge >= 0.3 is 6.18 Å². The highest BCUT2D eigenvalue weighted by atomic mass is 19.4. The lowest BCUT2D eigenvalue weighted by Gasteiger charge is -2.13. The average molecular weight is 242 g/mol. The molecule has 0 saturated carbocycles. The zero-order valence-corrected chi connectivity index (χ0v) is 9.62. The predicted molar refractivity (Wildman–Crippen MR) is 59.6 cm³/mol. The minimum Gasteiger partial charge on any atom is -0.320 e. The molecule has 17 heavy (non-hydrogen) atoms. The summed E-state index contributed by atoms with van der Waals surface area (Å²) in [6, 6.07) is 6.68. The van der Waals surface area contributed by atoms with Crippen molar-refractivity contribution in [1.82, 2.24) is 9.55 Å². The van der Waals surface area contributed by atoms with Crippen LogP contribution in [0.4, 0.5) is 13.2 Å². The highest BCUT2D eigenvalue weighted by Gasteiger charge is 2.37. The number of para-hydroxylation sites is 2. The molecule has 0 N–H and O–H groups in total. The van der Waals surface area contributed by atoms with Crippen molar-refractivity contribution in [2.45, 2.75) is 26.6 Å². The number of rotatable bonds is 2. The maximum atomic E-state index is 12.9. The van der Waals surface area contributed by atoms with Gasteiger partial charge in [-0.2, -0.15) is 13.2 Å². The lowest BCUT2D eigenvalue weighted by atomic mass is 10.2. The largest absolute Gasteiger partial charge is 0.449 e. The van der Waals surface area contributed by atoms with E-state index in [1.807, 2.05) is 13.8 Å². The molecular formula is C12H13F3N2. The smallest absolute Gasteiger partial charge is 0.320 e. The fourth-order valence-electron chi connectivity index (χ4n) is 1.84. The Hall–Kier alpha value is -1.52. The van der Waals surface area contributed by atoms with Crippen molar-refractivity contribution in [3.63, 3.8) is 0 Å². The predicted octanol–water partition coefficient (Wildman–Crippen LogP) is 3.71. The molecule has 1 aromatic heterocycles. The van der Waals surface area contributed by atoms with Crippen LogP contribution in [0.3, 0.4) is 0 Å². The molecule has 0 atom stereocenters. The second kappa shape index (κ2) is 4.05. The summed E-state index contributed by atoms with van der Waals surface area (Å²) >= 11 is 0. The molecule has 92 valence electrons. The van der Waals surface area contributed by atoms with E-state index in [0.29, 0.717) is 17.6 Å². The van der Waals surface area contributed by atoms with E-state index in [1.165, 1.54) is 4.57 Å². The highest BCUT2D eigenvalue weighted by molar-refractivity contribution is 5.76. The van der Waals surface area contributed by atoms with Crippen LogP contribution in [0.25, 0.3) is 11.0 Å². The van der Waals surface area contributed by atoms with E-state index in [-0.39, 0.29) is 5.92 Å². The van der Waals surface area contributed by atoms with Crippen molar-refractivity contribution in [3.8, 4) is 0 Å². The van der Waals surface area contributed by atoms with Crippen LogP contribution in [0.15, 0.2) is 24.3 Å². The third kappa shape index (κ3) is 2.28. The van der Waals surface area contributed by atoms with E-state index in [0.717, 1.165) is 0 Å². The van der Waals surface area contributed by atoms with Crippen LogP contribution in [0.2, 0.25) is 0 Å². The number of nitrogens with zero attached hydrogens (tertiary/aromatic N) is 2. The summed E-state index contributed by atoms with van der Waals surface area (Å²) in [5.41, 5.74) is 0.925. The molecule has 0 amide bonds. The van der Waals surface area contributed by atoms with Crippen LogP contribution in [0.5, 0.6) is 0 Å². The molecule has 0 aliphatic heterocycles. The normalized spacial score (nSPS) is 12.6. The van der Waals surface area contributed by atoms with Gasteiger partial charge in [0.05, 0.1) is 11.0 Å². The second-order valence-corrected chi connectivity index (χ2v) is 4.43. The first-order valence-corrected chi connectivity index (χ1v) is 5.42. The van der Waals surface area contributed by atoms with Gasteiger partial charge in [0.2, 0.25) is 5.82 Å². The van der Waals surface area contributed by atoms with E-state index in [2.05, 4.69) is 4.98 Å². The summed E-state index contributed by atoms with van der Waals surface area (Å²) in [6.07, 6.45) is -4.41. The van der Waals surface area contributed by atoms with Crippen molar-refractivity contribution in [2.24, 2.45) is 5.92 Å². The molecule has 0 radical (unpaired) electrons. The van der Waals surface area contributed by atoms with Gasteiger partial charge in [-0.25, -0.2) is 4.98 Å². The van der Waals surface area contributed by atoms with E-state index in [4.69, 9.17) is 0 Å². The van der Waals surface area contributed by atoms with E-state index in [9.17, 15) is 13.2 Å². The van der Waals surface area contributed by atoms with E-state index >= 15 is 0 Å². The van der Waals surface area contributed by atoms with Crippen LogP contribution < -0.4 is 0 Å². The Bertz CT molecular complexity index is 526. The van der Waals surface area contributed by atoms with Crippen molar-refractivity contribution in [3.05, 3.63) is 30.1 Å². The zero-order chi connectivity index (χ0) is 12.6. The first-order chi connectivity index (χ1) is 7.89. The number of hydrogen-bond acceptors (Lipinski definition) is 1. The quantitative estimate of drug-likeness (QED) is 0.785. The average Bonchev–Trinajstić information content (AvgIpc) is 2.56. The highest BCUT2D eigenvalue weighted by Crippen LogP contribution is 2.31. The third-order valence-electron chi connectivity index (χ3n) is 2.46. The Balaban J connectivity index is 2.65. The number of aromatic nitrogens is 2. The van der Waals surface area contributed by atoms with E-state index in [1.54, 1.807) is 24.3 Å². The summed E-state index contributed by atoms with van der Waals surface area (Å²) in [5.74, 6) is -0.680. The molecule has 0 aliphatic rings. The lowest BCUT2D eigenvalue weighted by molar-refractivity contribution is -0.147. The minimum atomic E-state index is -4.41. The molecule has 2 rings (SSSR count). The fraction of sp³-hybridized carbons (Fsp3) is 0.417. The summed E-state index contributed by atoms with van der Waals surface area (Å²) in [5, 5.41) is 0. The number of benzene rings is 1. The third-order valence-corrected chi connectivity index (χ3v) is 2.46. The van der Waals surface area contributed by atoms with Gasteiger partial charge in [0, 0.05) is 6.54 Å². The molecule has 0 spiro atoms. The first kappa shape index (κ1) is 12.0. The number of fused-ring (bicyclic) bond motifs is 1. The maximum absolute atomic E-state index is 12.9. The van der Waals surface area contributed by atoms with Gasteiger partial charge in [-0.05, 0) is 18.1 Å². The van der Waals surface area contributed by atoms with Gasteiger partial charge in [-0.1, -0.05) is 26.0 Å². The molecule has 1 heterocycles. The number of alkyl halides is 3. The van der Waals surface area contributed by atoms with Crippen molar-refractivity contribution < 1.29 is 13.2 Å². The topological polar surface area (TPSA) is 17.8 Å². The van der Waals surface area contributed by atoms with Crippen LogP contribution in [-0.4, -0.2) is 9.55 Å². The monoisotopic (exact) mass is 242 g/mol. The molecular weight excluding hydrogens is 229 g/mol. The standard InChI is InChI=1S/C12H13F3N2/c1-8(2)7-17-10-6-4-3-5-9(10)16-11(17)12(13,14)15/h3-6,8H,7H2,1-2H3. The Morgan fingerprint density at radius 1 is 1.24 bits per heavy atom. The van der Waals surface area contributed by atoms with Crippen LogP contribution in [0, 0.1) is 5.92 Å². The fourth-order valence-corrected chi connectivity index (χ4v) is 1.84. The van der Waals surface area contributed by atoms with Gasteiger partial charge in [-0.15, -0.1) is 0 Å². The number of halogens is 3. The molecule has 0 aliphatic carbocycles. The summed E-state index contributed by atoms with van der Waals surface area (Å²) in [4.78, 5) is 3.67. The minimum absolute atomic E-state index is 0.133. The molecule has 0 fully saturated rings. The number of hydrogen-bond donors (Lipinski definition) is 0. The molecule has 5 heteroatoms. The molecule has 2 nitrogen and oxygen atoms in total. The SMILES string of the molecule is CC(C)Cn1c(C(F)(F)F)nc2ccccc21. The van der Waals surface area contributed by atoms with Crippen molar-refractivity contribution in [2.75, 3.05) is 0 Å². The van der Waals surface area contributed by atoms with Gasteiger partial charge < -0.3 is 4.57 Å². The Labute approximate surface area is 97.1 Å². The Morgan fingerprint density at radius 3 is 2.47 bits per heavy atom. The summed E-state index contributed by atoms with van der Waals surface area (Å²) in [6.45, 7) is 4.08. The number of imidazole rings is 1. The van der Waals surface area contributed by atoms with Gasteiger partial charge in [0.15, 0.2) is 0 Å². The molecule has 1 aromatic carbocycles. The Morgan fingerprint density at radius 2 is 1.88 bits per heavy atom. The molecule has 0 bridgehead atoms. The molecule has 0 saturated heterocycles. The zero-order valence-electron chi connectivity index (χ0n) is 9.62. The van der Waals surface area contributed by atoms with Crippen LogP contribution >= 0.6 is 0 Å². The summed E-state index contributed by atoms with van der Waals surface area (Å²) in [7, 11) is 0. The van der Waals surface area contributed by atoms with Crippen molar-refractivity contribution in [1.29, 1.82) is 0 Å². The van der Waals surface area contributed by atoms with Gasteiger partial charge in [0.1, 0.15) is 0 Å². The van der Waals surface area contributed by atoms with Gasteiger partial charge in [0.25, 0.3) is 0 Å². The molecule has 0 unspecified atom stereocenters. The second-order valence-electron chi connectivity index (χ2n) is 4.43. The van der Waals surface area contributed by atoms with Crippen LogP contribution in [0.1, 0.15) is 19.7 Å². The maximum Gasteiger partial charge on any atom is 0.449 e.